The van der Waals surface area contributed by atoms with E-state index in [1.165, 1.54) is 0 Å². The molecule has 1 fully saturated rings. The van der Waals surface area contributed by atoms with E-state index in [1.807, 2.05) is 6.07 Å². The van der Waals surface area contributed by atoms with Gasteiger partial charge in [-0.2, -0.15) is 5.26 Å². The monoisotopic (exact) mass is 286 g/mol. The Morgan fingerprint density at radius 3 is 2.75 bits per heavy atom. The third-order valence-electron chi connectivity index (χ3n) is 2.59. The molecule has 0 radical (unpaired) electrons. The van der Waals surface area contributed by atoms with E-state index < -0.39 is 5.92 Å². The van der Waals surface area contributed by atoms with Crippen molar-refractivity contribution in [1.29, 1.82) is 5.26 Å². The van der Waals surface area contributed by atoms with E-state index in [9.17, 15) is 8.78 Å². The summed E-state index contributed by atoms with van der Waals surface area (Å²) in [7, 11) is 0. The summed E-state index contributed by atoms with van der Waals surface area (Å²) in [6.45, 7) is -0.0331. The summed E-state index contributed by atoms with van der Waals surface area (Å²) in [5.74, 6) is -2.65. The average Bonchev–Trinajstić information content (AvgIpc) is 2.58. The highest BCUT2D eigenvalue weighted by Gasteiger charge is 2.39. The minimum atomic E-state index is -2.65. The first-order valence-corrected chi connectivity index (χ1v) is 5.64. The molecule has 1 aliphatic heterocycles. The molecular formula is C11H9BrF2N2. The van der Waals surface area contributed by atoms with Crippen LogP contribution in [0.15, 0.2) is 22.7 Å². The molecule has 0 unspecified atom stereocenters. The Kier molecular flexibility index (Phi) is 2.85. The second kappa shape index (κ2) is 4.02. The lowest BCUT2D eigenvalue weighted by atomic mass is 10.2. The van der Waals surface area contributed by atoms with E-state index in [0.717, 1.165) is 0 Å². The number of hydrogen-bond donors (Lipinski definition) is 0. The number of nitriles is 1. The van der Waals surface area contributed by atoms with Gasteiger partial charge in [0, 0.05) is 17.4 Å². The van der Waals surface area contributed by atoms with Crippen LogP contribution in [-0.4, -0.2) is 19.0 Å². The maximum Gasteiger partial charge on any atom is 0.266 e. The number of anilines is 1. The SMILES string of the molecule is N#Cc1cccc(Br)c1N1CCC(F)(F)C1. The molecule has 84 valence electrons. The van der Waals surface area contributed by atoms with Gasteiger partial charge in [-0.3, -0.25) is 0 Å². The molecule has 0 spiro atoms. The highest BCUT2D eigenvalue weighted by atomic mass is 79.9. The van der Waals surface area contributed by atoms with Crippen LogP contribution in [0.5, 0.6) is 0 Å². The maximum atomic E-state index is 13.1. The molecular weight excluding hydrogens is 278 g/mol. The summed E-state index contributed by atoms with van der Waals surface area (Å²) >= 11 is 3.30. The Morgan fingerprint density at radius 2 is 2.19 bits per heavy atom. The van der Waals surface area contributed by atoms with E-state index in [4.69, 9.17) is 5.26 Å². The van der Waals surface area contributed by atoms with Crippen LogP contribution < -0.4 is 4.90 Å². The highest BCUT2D eigenvalue weighted by Crippen LogP contribution is 2.36. The zero-order valence-electron chi connectivity index (χ0n) is 8.38. The molecule has 16 heavy (non-hydrogen) atoms. The van der Waals surface area contributed by atoms with Gasteiger partial charge in [0.25, 0.3) is 5.92 Å². The Hall–Kier alpha value is -1.15. The topological polar surface area (TPSA) is 27.0 Å². The molecule has 2 nitrogen and oxygen atoms in total. The summed E-state index contributed by atoms with van der Waals surface area (Å²) in [4.78, 5) is 1.56. The van der Waals surface area contributed by atoms with Crippen LogP contribution >= 0.6 is 15.9 Å². The van der Waals surface area contributed by atoms with Gasteiger partial charge in [-0.1, -0.05) is 6.07 Å². The van der Waals surface area contributed by atoms with Crippen LogP contribution in [0.25, 0.3) is 0 Å². The third-order valence-corrected chi connectivity index (χ3v) is 3.23. The van der Waals surface area contributed by atoms with Crippen molar-refractivity contribution in [2.75, 3.05) is 18.0 Å². The fourth-order valence-electron chi connectivity index (χ4n) is 1.85. The molecule has 0 aliphatic carbocycles. The number of halogens is 3. The van der Waals surface area contributed by atoms with Gasteiger partial charge < -0.3 is 4.90 Å². The van der Waals surface area contributed by atoms with Gasteiger partial charge in [0.15, 0.2) is 0 Å². The van der Waals surface area contributed by atoms with Crippen LogP contribution in [0.1, 0.15) is 12.0 Å². The molecule has 0 N–H and O–H groups in total. The van der Waals surface area contributed by atoms with Crippen LogP contribution in [0.2, 0.25) is 0 Å². The molecule has 1 aliphatic rings. The van der Waals surface area contributed by atoms with E-state index >= 15 is 0 Å². The minimum Gasteiger partial charge on any atom is -0.363 e. The number of benzene rings is 1. The Balaban J connectivity index is 2.38. The molecule has 1 aromatic rings. The summed E-state index contributed by atoms with van der Waals surface area (Å²) < 4.78 is 26.9. The van der Waals surface area contributed by atoms with Crippen molar-refractivity contribution in [2.45, 2.75) is 12.3 Å². The summed E-state index contributed by atoms with van der Waals surface area (Å²) in [6.07, 6.45) is -0.154. The number of rotatable bonds is 1. The van der Waals surface area contributed by atoms with E-state index in [0.29, 0.717) is 15.7 Å². The summed E-state index contributed by atoms with van der Waals surface area (Å²) in [5, 5.41) is 8.95. The predicted molar refractivity (Wildman–Crippen MR) is 60.6 cm³/mol. The molecule has 5 heteroatoms. The molecule has 2 rings (SSSR count). The second-order valence-corrected chi connectivity index (χ2v) is 4.63. The van der Waals surface area contributed by atoms with Gasteiger partial charge in [0.05, 0.1) is 17.8 Å². The van der Waals surface area contributed by atoms with Gasteiger partial charge in [-0.15, -0.1) is 0 Å². The van der Waals surface area contributed by atoms with Crippen LogP contribution in [-0.2, 0) is 0 Å². The van der Waals surface area contributed by atoms with Gasteiger partial charge in [0.1, 0.15) is 6.07 Å². The average molecular weight is 287 g/mol. The Labute approximate surface area is 101 Å². The van der Waals surface area contributed by atoms with Crippen molar-refractivity contribution in [3.8, 4) is 6.07 Å². The molecule has 0 aromatic heterocycles. The first kappa shape index (κ1) is 11.3. The van der Waals surface area contributed by atoms with Gasteiger partial charge in [0.2, 0.25) is 0 Å². The van der Waals surface area contributed by atoms with E-state index in [-0.39, 0.29) is 19.5 Å². The largest absolute Gasteiger partial charge is 0.363 e. The molecule has 0 saturated carbocycles. The lowest BCUT2D eigenvalue weighted by molar-refractivity contribution is 0.0257. The van der Waals surface area contributed by atoms with E-state index in [1.54, 1.807) is 23.1 Å². The Morgan fingerprint density at radius 1 is 1.44 bits per heavy atom. The van der Waals surface area contributed by atoms with Crippen molar-refractivity contribution in [3.05, 3.63) is 28.2 Å². The lowest BCUT2D eigenvalue weighted by Gasteiger charge is -2.20. The van der Waals surface area contributed by atoms with Crippen LogP contribution in [0.3, 0.4) is 0 Å². The molecule has 1 aromatic carbocycles. The highest BCUT2D eigenvalue weighted by molar-refractivity contribution is 9.10. The lowest BCUT2D eigenvalue weighted by Crippen LogP contribution is -2.25. The van der Waals surface area contributed by atoms with Gasteiger partial charge in [-0.05, 0) is 28.1 Å². The van der Waals surface area contributed by atoms with E-state index in [2.05, 4.69) is 15.9 Å². The summed E-state index contributed by atoms with van der Waals surface area (Å²) in [6, 6.07) is 7.14. The molecule has 1 heterocycles. The van der Waals surface area contributed by atoms with Crippen molar-refractivity contribution in [3.63, 3.8) is 0 Å². The van der Waals surface area contributed by atoms with Gasteiger partial charge in [-0.25, -0.2) is 8.78 Å². The summed E-state index contributed by atoms with van der Waals surface area (Å²) in [5.41, 5.74) is 0.995. The fraction of sp³-hybridized carbons (Fsp3) is 0.364. The van der Waals surface area contributed by atoms with Gasteiger partial charge >= 0.3 is 0 Å². The minimum absolute atomic E-state index is 0.154. The number of alkyl halides is 2. The molecule has 0 amide bonds. The number of para-hydroxylation sites is 1. The van der Waals surface area contributed by atoms with Crippen molar-refractivity contribution < 1.29 is 8.78 Å². The molecule has 0 bridgehead atoms. The van der Waals surface area contributed by atoms with Crippen molar-refractivity contribution in [2.24, 2.45) is 0 Å². The zero-order chi connectivity index (χ0) is 11.8. The van der Waals surface area contributed by atoms with Crippen LogP contribution in [0, 0.1) is 11.3 Å². The third kappa shape index (κ3) is 2.03. The first-order chi connectivity index (χ1) is 7.53. The quantitative estimate of drug-likeness (QED) is 0.793. The maximum absolute atomic E-state index is 13.1. The molecule has 1 saturated heterocycles. The number of hydrogen-bond acceptors (Lipinski definition) is 2. The fourth-order valence-corrected chi connectivity index (χ4v) is 2.47. The standard InChI is InChI=1S/C11H9BrF2N2/c12-9-3-1-2-8(6-15)10(9)16-5-4-11(13,14)7-16/h1-3H,4-5,7H2. The molecule has 0 atom stereocenters. The predicted octanol–water partition coefficient (Wildman–Crippen LogP) is 3.17. The zero-order valence-corrected chi connectivity index (χ0v) is 9.97. The first-order valence-electron chi connectivity index (χ1n) is 4.85. The van der Waals surface area contributed by atoms with Crippen LogP contribution in [0.4, 0.5) is 14.5 Å². The van der Waals surface area contributed by atoms with Crippen molar-refractivity contribution in [1.82, 2.24) is 0 Å². The smallest absolute Gasteiger partial charge is 0.266 e. The van der Waals surface area contributed by atoms with Crippen molar-refractivity contribution >= 4 is 21.6 Å². The normalized spacial score (nSPS) is 18.5. The Bertz CT molecular complexity index is 454. The second-order valence-electron chi connectivity index (χ2n) is 3.78. The number of nitrogens with zero attached hydrogens (tertiary/aromatic N) is 2.